The minimum atomic E-state index is -0.0485. The Labute approximate surface area is 136 Å². The number of nitrogens with zero attached hydrogens (tertiary/aromatic N) is 1. The molecule has 0 aliphatic heterocycles. The Balaban J connectivity index is 1.81. The predicted octanol–water partition coefficient (Wildman–Crippen LogP) is 4.44. The molecule has 0 atom stereocenters. The Morgan fingerprint density at radius 1 is 1.24 bits per heavy atom. The standard InChI is InChI=1S/C16H13BrN2OS/c17-13-4-2-6-15(10-13)21-8-7-16(20)19-14-5-1-3-12(9-14)11-18/h1-6,9-10H,7-8H2,(H,19,20). The number of carbonyl (C=O) groups is 1. The molecule has 0 aliphatic carbocycles. The molecule has 0 fully saturated rings. The molecule has 21 heavy (non-hydrogen) atoms. The van der Waals surface area contributed by atoms with Crippen molar-refractivity contribution in [2.24, 2.45) is 0 Å². The van der Waals surface area contributed by atoms with Crippen LogP contribution >= 0.6 is 27.7 Å². The van der Waals surface area contributed by atoms with Gasteiger partial charge < -0.3 is 5.32 Å². The molecular weight excluding hydrogens is 348 g/mol. The smallest absolute Gasteiger partial charge is 0.225 e. The number of carbonyl (C=O) groups excluding carboxylic acids is 1. The summed E-state index contributed by atoms with van der Waals surface area (Å²) in [6.07, 6.45) is 0.425. The van der Waals surface area contributed by atoms with Gasteiger partial charge in [-0.15, -0.1) is 11.8 Å². The van der Waals surface area contributed by atoms with E-state index < -0.39 is 0 Å². The van der Waals surface area contributed by atoms with Gasteiger partial charge in [-0.1, -0.05) is 28.1 Å². The molecular formula is C16H13BrN2OS. The summed E-state index contributed by atoms with van der Waals surface area (Å²) in [6.45, 7) is 0. The minimum absolute atomic E-state index is 0.0485. The van der Waals surface area contributed by atoms with E-state index in [2.05, 4.69) is 27.3 Å². The van der Waals surface area contributed by atoms with Crippen LogP contribution in [0.1, 0.15) is 12.0 Å². The fourth-order valence-electron chi connectivity index (χ4n) is 1.71. The second-order valence-electron chi connectivity index (χ2n) is 4.30. The van der Waals surface area contributed by atoms with Gasteiger partial charge in [-0.05, 0) is 36.4 Å². The van der Waals surface area contributed by atoms with Gasteiger partial charge in [0.15, 0.2) is 0 Å². The van der Waals surface area contributed by atoms with E-state index in [0.29, 0.717) is 23.4 Å². The van der Waals surface area contributed by atoms with Crippen molar-refractivity contribution in [2.75, 3.05) is 11.1 Å². The van der Waals surface area contributed by atoms with Crippen LogP contribution in [0.5, 0.6) is 0 Å². The highest BCUT2D eigenvalue weighted by atomic mass is 79.9. The van der Waals surface area contributed by atoms with Crippen LogP contribution in [0.25, 0.3) is 0 Å². The molecule has 2 aromatic carbocycles. The van der Waals surface area contributed by atoms with Gasteiger partial charge in [0.25, 0.3) is 0 Å². The molecule has 0 radical (unpaired) electrons. The lowest BCUT2D eigenvalue weighted by atomic mass is 10.2. The first kappa shape index (κ1) is 15.6. The zero-order chi connectivity index (χ0) is 15.1. The summed E-state index contributed by atoms with van der Waals surface area (Å²) in [7, 11) is 0. The lowest BCUT2D eigenvalue weighted by Crippen LogP contribution is -2.12. The topological polar surface area (TPSA) is 52.9 Å². The molecule has 0 bridgehead atoms. The van der Waals surface area contributed by atoms with Crippen molar-refractivity contribution < 1.29 is 4.79 Å². The number of amides is 1. The van der Waals surface area contributed by atoms with Crippen molar-refractivity contribution in [3.8, 4) is 6.07 Å². The number of hydrogen-bond acceptors (Lipinski definition) is 3. The molecule has 1 N–H and O–H groups in total. The molecule has 0 saturated heterocycles. The Kier molecular flexibility index (Phi) is 5.85. The van der Waals surface area contributed by atoms with Gasteiger partial charge in [0.1, 0.15) is 0 Å². The van der Waals surface area contributed by atoms with Crippen LogP contribution in [0.4, 0.5) is 5.69 Å². The highest BCUT2D eigenvalue weighted by molar-refractivity contribution is 9.10. The highest BCUT2D eigenvalue weighted by Crippen LogP contribution is 2.22. The largest absolute Gasteiger partial charge is 0.326 e. The van der Waals surface area contributed by atoms with Crippen LogP contribution in [-0.4, -0.2) is 11.7 Å². The van der Waals surface area contributed by atoms with Crippen LogP contribution in [0.3, 0.4) is 0 Å². The molecule has 2 rings (SSSR count). The number of halogens is 1. The summed E-state index contributed by atoms with van der Waals surface area (Å²) in [4.78, 5) is 13.0. The minimum Gasteiger partial charge on any atom is -0.326 e. The lowest BCUT2D eigenvalue weighted by molar-refractivity contribution is -0.115. The maximum atomic E-state index is 11.9. The third-order valence-electron chi connectivity index (χ3n) is 2.67. The molecule has 1 amide bonds. The predicted molar refractivity (Wildman–Crippen MR) is 89.3 cm³/mol. The third kappa shape index (κ3) is 5.25. The molecule has 3 nitrogen and oxygen atoms in total. The Morgan fingerprint density at radius 3 is 2.81 bits per heavy atom. The summed E-state index contributed by atoms with van der Waals surface area (Å²) >= 11 is 5.06. The van der Waals surface area contributed by atoms with Crippen molar-refractivity contribution in [1.82, 2.24) is 0 Å². The Bertz CT molecular complexity index is 682. The fourth-order valence-corrected chi connectivity index (χ4v) is 3.17. The number of benzene rings is 2. The Hall–Kier alpha value is -1.77. The summed E-state index contributed by atoms with van der Waals surface area (Å²) in [5, 5.41) is 11.6. The van der Waals surface area contributed by atoms with Crippen LogP contribution < -0.4 is 5.32 Å². The number of hydrogen-bond donors (Lipinski definition) is 1. The zero-order valence-electron chi connectivity index (χ0n) is 11.2. The maximum Gasteiger partial charge on any atom is 0.225 e. The van der Waals surface area contributed by atoms with Gasteiger partial charge in [-0.3, -0.25) is 4.79 Å². The number of nitrogens with one attached hydrogen (secondary N) is 1. The molecule has 0 saturated carbocycles. The quantitative estimate of drug-likeness (QED) is 0.801. The summed E-state index contributed by atoms with van der Waals surface area (Å²) < 4.78 is 1.03. The number of rotatable bonds is 5. The molecule has 0 spiro atoms. The molecule has 2 aromatic rings. The summed E-state index contributed by atoms with van der Waals surface area (Å²) in [5.41, 5.74) is 1.20. The second-order valence-corrected chi connectivity index (χ2v) is 6.38. The fraction of sp³-hybridized carbons (Fsp3) is 0.125. The van der Waals surface area contributed by atoms with Crippen molar-refractivity contribution in [3.05, 3.63) is 58.6 Å². The SMILES string of the molecule is N#Cc1cccc(NC(=O)CCSc2cccc(Br)c2)c1. The van der Waals surface area contributed by atoms with E-state index in [1.807, 2.05) is 24.3 Å². The molecule has 0 aliphatic rings. The number of nitriles is 1. The van der Waals surface area contributed by atoms with E-state index >= 15 is 0 Å². The third-order valence-corrected chi connectivity index (χ3v) is 4.16. The summed E-state index contributed by atoms with van der Waals surface area (Å²) in [5.74, 6) is 0.660. The van der Waals surface area contributed by atoms with E-state index in [9.17, 15) is 4.79 Å². The van der Waals surface area contributed by atoms with E-state index in [1.165, 1.54) is 0 Å². The zero-order valence-corrected chi connectivity index (χ0v) is 13.6. The van der Waals surface area contributed by atoms with E-state index in [0.717, 1.165) is 9.37 Å². The van der Waals surface area contributed by atoms with Gasteiger partial charge in [-0.25, -0.2) is 0 Å². The average molecular weight is 361 g/mol. The van der Waals surface area contributed by atoms with Gasteiger partial charge in [0.2, 0.25) is 5.91 Å². The first-order valence-corrected chi connectivity index (χ1v) is 8.13. The highest BCUT2D eigenvalue weighted by Gasteiger charge is 2.04. The van der Waals surface area contributed by atoms with Crippen molar-refractivity contribution in [3.63, 3.8) is 0 Å². The van der Waals surface area contributed by atoms with Gasteiger partial charge >= 0.3 is 0 Å². The molecule has 0 aromatic heterocycles. The van der Waals surface area contributed by atoms with Gasteiger partial charge in [-0.2, -0.15) is 5.26 Å². The van der Waals surface area contributed by atoms with E-state index in [1.54, 1.807) is 36.0 Å². The van der Waals surface area contributed by atoms with Crippen LogP contribution in [0.2, 0.25) is 0 Å². The van der Waals surface area contributed by atoms with Gasteiger partial charge in [0.05, 0.1) is 11.6 Å². The van der Waals surface area contributed by atoms with Crippen molar-refractivity contribution in [2.45, 2.75) is 11.3 Å². The Morgan fingerprint density at radius 2 is 2.05 bits per heavy atom. The monoisotopic (exact) mass is 360 g/mol. The number of thioether (sulfide) groups is 1. The second kappa shape index (κ2) is 7.87. The molecule has 0 unspecified atom stereocenters. The number of anilines is 1. The maximum absolute atomic E-state index is 11.9. The van der Waals surface area contributed by atoms with Crippen molar-refractivity contribution in [1.29, 1.82) is 5.26 Å². The van der Waals surface area contributed by atoms with Crippen LogP contribution in [0, 0.1) is 11.3 Å². The average Bonchev–Trinajstić information content (AvgIpc) is 2.47. The van der Waals surface area contributed by atoms with Crippen molar-refractivity contribution >= 4 is 39.3 Å². The van der Waals surface area contributed by atoms with Gasteiger partial charge in [0, 0.05) is 27.2 Å². The summed E-state index contributed by atoms with van der Waals surface area (Å²) in [6, 6.07) is 16.9. The first-order chi connectivity index (χ1) is 10.2. The van der Waals surface area contributed by atoms with E-state index in [4.69, 9.17) is 5.26 Å². The lowest BCUT2D eigenvalue weighted by Gasteiger charge is -2.05. The van der Waals surface area contributed by atoms with E-state index in [-0.39, 0.29) is 5.91 Å². The normalized spacial score (nSPS) is 9.90. The first-order valence-electron chi connectivity index (χ1n) is 6.36. The molecule has 5 heteroatoms. The van der Waals surface area contributed by atoms with Crippen LogP contribution in [-0.2, 0) is 4.79 Å². The molecule has 106 valence electrons. The van der Waals surface area contributed by atoms with Crippen LogP contribution in [0.15, 0.2) is 57.9 Å². The molecule has 0 heterocycles.